The summed E-state index contributed by atoms with van der Waals surface area (Å²) in [6.45, 7) is 4.56. The lowest BCUT2D eigenvalue weighted by molar-refractivity contribution is 0.0945. The molecule has 1 N–H and O–H groups in total. The summed E-state index contributed by atoms with van der Waals surface area (Å²) in [7, 11) is 0. The molecule has 0 bridgehead atoms. The maximum absolute atomic E-state index is 12.2. The lowest BCUT2D eigenvalue weighted by Crippen LogP contribution is -2.24. The molecule has 0 aliphatic carbocycles. The van der Waals surface area contributed by atoms with Gasteiger partial charge in [0.2, 0.25) is 0 Å². The van der Waals surface area contributed by atoms with Crippen LogP contribution in [0.2, 0.25) is 0 Å². The van der Waals surface area contributed by atoms with E-state index in [2.05, 4.69) is 29.4 Å². The molecule has 0 saturated carbocycles. The molecule has 0 fully saturated rings. The van der Waals surface area contributed by atoms with Crippen molar-refractivity contribution in [2.24, 2.45) is 0 Å². The molecule has 118 valence electrons. The number of amides is 1. The third-order valence-electron chi connectivity index (χ3n) is 3.42. The van der Waals surface area contributed by atoms with Crippen LogP contribution in [0.25, 0.3) is 0 Å². The molecular weight excluding hydrogens is 314 g/mol. The molecule has 0 unspecified atom stereocenters. The molecule has 0 aliphatic rings. The highest BCUT2D eigenvalue weighted by atomic mass is 32.1. The molecule has 3 rings (SSSR count). The van der Waals surface area contributed by atoms with Crippen molar-refractivity contribution in [3.63, 3.8) is 0 Å². The summed E-state index contributed by atoms with van der Waals surface area (Å²) >= 11 is 1.16. The molecule has 9 heteroatoms. The molecule has 0 radical (unpaired) electrons. The number of rotatable bonds is 5. The zero-order valence-corrected chi connectivity index (χ0v) is 13.5. The molecule has 1 amide bonds. The maximum Gasteiger partial charge on any atom is 0.274 e. The van der Waals surface area contributed by atoms with Gasteiger partial charge in [-0.15, -0.1) is 5.10 Å². The normalized spacial score (nSPS) is 10.7. The van der Waals surface area contributed by atoms with E-state index in [-0.39, 0.29) is 5.91 Å². The van der Waals surface area contributed by atoms with Crippen molar-refractivity contribution >= 4 is 17.6 Å². The van der Waals surface area contributed by atoms with Gasteiger partial charge in [-0.1, -0.05) is 11.3 Å². The van der Waals surface area contributed by atoms with Crippen molar-refractivity contribution in [2.45, 2.75) is 26.9 Å². The molecule has 0 atom stereocenters. The first-order valence-electron chi connectivity index (χ1n) is 7.00. The smallest absolute Gasteiger partial charge is 0.274 e. The summed E-state index contributed by atoms with van der Waals surface area (Å²) in [5.41, 5.74) is 3.64. The molecule has 23 heavy (non-hydrogen) atoms. The molecule has 0 saturated heterocycles. The van der Waals surface area contributed by atoms with Gasteiger partial charge >= 0.3 is 0 Å². The first kappa shape index (κ1) is 15.2. The lowest BCUT2D eigenvalue weighted by Gasteiger charge is -2.04. The second kappa shape index (κ2) is 6.61. The van der Waals surface area contributed by atoms with Gasteiger partial charge in [0.05, 0.1) is 35.4 Å². The third-order valence-corrected chi connectivity index (χ3v) is 4.08. The number of hydrogen-bond donors (Lipinski definition) is 1. The van der Waals surface area contributed by atoms with Crippen molar-refractivity contribution in [1.29, 1.82) is 0 Å². The van der Waals surface area contributed by atoms with Crippen molar-refractivity contribution in [3.8, 4) is 0 Å². The standard InChI is InChI=1S/C14H15N7OS/c1-9-12(19-23-18-9)8-21-10(2)13(17-20-21)14(22)16-7-11-4-3-5-15-6-11/h3-6H,7-8H2,1-2H3,(H,16,22). The number of nitrogens with one attached hydrogen (secondary N) is 1. The fourth-order valence-corrected chi connectivity index (χ4v) is 2.58. The summed E-state index contributed by atoms with van der Waals surface area (Å²) < 4.78 is 10.0. The van der Waals surface area contributed by atoms with Crippen LogP contribution >= 0.6 is 11.7 Å². The summed E-state index contributed by atoms with van der Waals surface area (Å²) in [6.07, 6.45) is 3.40. The minimum atomic E-state index is -0.259. The topological polar surface area (TPSA) is 98.5 Å². The van der Waals surface area contributed by atoms with Gasteiger partial charge in [-0.2, -0.15) is 8.75 Å². The van der Waals surface area contributed by atoms with Crippen LogP contribution in [-0.4, -0.2) is 34.6 Å². The van der Waals surface area contributed by atoms with Crippen LogP contribution in [-0.2, 0) is 13.1 Å². The number of aryl methyl sites for hydroxylation is 1. The monoisotopic (exact) mass is 329 g/mol. The summed E-state index contributed by atoms with van der Waals surface area (Å²) in [4.78, 5) is 16.3. The molecule has 3 heterocycles. The highest BCUT2D eigenvalue weighted by molar-refractivity contribution is 6.99. The van der Waals surface area contributed by atoms with Crippen LogP contribution < -0.4 is 5.32 Å². The number of carbonyl (C=O) groups excluding carboxylic acids is 1. The fourth-order valence-electron chi connectivity index (χ4n) is 2.02. The van der Waals surface area contributed by atoms with E-state index in [9.17, 15) is 4.79 Å². The number of carbonyl (C=O) groups is 1. The van der Waals surface area contributed by atoms with Crippen LogP contribution in [0.15, 0.2) is 24.5 Å². The third kappa shape index (κ3) is 3.39. The molecule has 8 nitrogen and oxygen atoms in total. The summed E-state index contributed by atoms with van der Waals surface area (Å²) in [5.74, 6) is -0.259. The Morgan fingerprint density at radius 2 is 2.22 bits per heavy atom. The van der Waals surface area contributed by atoms with E-state index in [0.29, 0.717) is 24.5 Å². The van der Waals surface area contributed by atoms with Gasteiger partial charge < -0.3 is 5.32 Å². The first-order valence-corrected chi connectivity index (χ1v) is 7.73. The van der Waals surface area contributed by atoms with Crippen LogP contribution in [0.1, 0.15) is 33.1 Å². The van der Waals surface area contributed by atoms with Crippen LogP contribution in [0.5, 0.6) is 0 Å². The second-order valence-corrected chi connectivity index (χ2v) is 5.55. The summed E-state index contributed by atoms with van der Waals surface area (Å²) in [5, 5.41) is 10.8. The van der Waals surface area contributed by atoms with E-state index < -0.39 is 0 Å². The predicted octanol–water partition coefficient (Wildman–Crippen LogP) is 1.12. The Hall–Kier alpha value is -2.68. The van der Waals surface area contributed by atoms with E-state index >= 15 is 0 Å². The molecule has 0 aliphatic heterocycles. The highest BCUT2D eigenvalue weighted by Gasteiger charge is 2.17. The van der Waals surface area contributed by atoms with Gasteiger partial charge in [0.1, 0.15) is 0 Å². The van der Waals surface area contributed by atoms with E-state index in [1.165, 1.54) is 0 Å². The maximum atomic E-state index is 12.2. The predicted molar refractivity (Wildman–Crippen MR) is 83.9 cm³/mol. The Bertz CT molecular complexity index is 812. The van der Waals surface area contributed by atoms with Gasteiger partial charge in [0.25, 0.3) is 5.91 Å². The Morgan fingerprint density at radius 1 is 1.35 bits per heavy atom. The quantitative estimate of drug-likeness (QED) is 0.753. The fraction of sp³-hybridized carbons (Fsp3) is 0.286. The number of nitrogens with zero attached hydrogens (tertiary/aromatic N) is 6. The molecular formula is C14H15N7OS. The largest absolute Gasteiger partial charge is 0.346 e. The van der Waals surface area contributed by atoms with Crippen molar-refractivity contribution in [3.05, 3.63) is 52.9 Å². The van der Waals surface area contributed by atoms with E-state index in [1.54, 1.807) is 17.1 Å². The van der Waals surface area contributed by atoms with E-state index in [1.807, 2.05) is 26.0 Å². The SMILES string of the molecule is Cc1nsnc1Cn1nnc(C(=O)NCc2cccnc2)c1C. The average molecular weight is 329 g/mol. The van der Waals surface area contributed by atoms with Gasteiger partial charge in [-0.3, -0.25) is 9.78 Å². The van der Waals surface area contributed by atoms with E-state index in [0.717, 1.165) is 28.7 Å². The second-order valence-electron chi connectivity index (χ2n) is 5.02. The highest BCUT2D eigenvalue weighted by Crippen LogP contribution is 2.10. The van der Waals surface area contributed by atoms with E-state index in [4.69, 9.17) is 0 Å². The molecule has 0 aromatic carbocycles. The zero-order chi connectivity index (χ0) is 16.2. The minimum absolute atomic E-state index is 0.259. The Labute approximate surface area is 136 Å². The Balaban J connectivity index is 1.68. The van der Waals surface area contributed by atoms with Crippen LogP contribution in [0.4, 0.5) is 0 Å². The van der Waals surface area contributed by atoms with Gasteiger partial charge in [-0.25, -0.2) is 4.68 Å². The molecule has 3 aromatic rings. The Morgan fingerprint density at radius 3 is 2.91 bits per heavy atom. The van der Waals surface area contributed by atoms with Crippen molar-refractivity contribution < 1.29 is 4.79 Å². The minimum Gasteiger partial charge on any atom is -0.346 e. The van der Waals surface area contributed by atoms with Gasteiger partial charge in [0.15, 0.2) is 5.69 Å². The van der Waals surface area contributed by atoms with Crippen LogP contribution in [0.3, 0.4) is 0 Å². The summed E-state index contributed by atoms with van der Waals surface area (Å²) in [6, 6.07) is 3.72. The number of aromatic nitrogens is 6. The molecule has 0 spiro atoms. The number of pyridine rings is 1. The van der Waals surface area contributed by atoms with Crippen LogP contribution in [0, 0.1) is 13.8 Å². The first-order chi connectivity index (χ1) is 11.1. The van der Waals surface area contributed by atoms with Gasteiger partial charge in [-0.05, 0) is 25.5 Å². The lowest BCUT2D eigenvalue weighted by atomic mass is 10.2. The average Bonchev–Trinajstić information content (AvgIpc) is 3.13. The molecule has 3 aromatic heterocycles. The van der Waals surface area contributed by atoms with Crippen molar-refractivity contribution in [2.75, 3.05) is 0 Å². The van der Waals surface area contributed by atoms with Crippen molar-refractivity contribution in [1.82, 2.24) is 34.0 Å². The number of hydrogen-bond acceptors (Lipinski definition) is 7. The van der Waals surface area contributed by atoms with Gasteiger partial charge in [0, 0.05) is 18.9 Å². The zero-order valence-electron chi connectivity index (χ0n) is 12.7. The Kier molecular flexibility index (Phi) is 4.38.